The Morgan fingerprint density at radius 1 is 1.28 bits per heavy atom. The molecule has 0 amide bonds. The first kappa shape index (κ1) is 13.1. The van der Waals surface area contributed by atoms with Crippen LogP contribution in [0.2, 0.25) is 0 Å². The fourth-order valence-electron chi connectivity index (χ4n) is 2.76. The van der Waals surface area contributed by atoms with Crippen molar-refractivity contribution in [3.63, 3.8) is 0 Å². The Morgan fingerprint density at radius 3 is 2.44 bits per heavy atom. The number of rotatable bonds is 4. The number of benzene rings is 1. The van der Waals surface area contributed by atoms with E-state index in [2.05, 4.69) is 7.05 Å². The van der Waals surface area contributed by atoms with E-state index >= 15 is 0 Å². The van der Waals surface area contributed by atoms with Gasteiger partial charge in [-0.05, 0) is 5.56 Å². The highest BCUT2D eigenvalue weighted by Crippen LogP contribution is 2.25. The lowest BCUT2D eigenvalue weighted by Crippen LogP contribution is -2.44. The maximum absolute atomic E-state index is 11.3. The molecular formula is C15H22NO2+. The summed E-state index contributed by atoms with van der Waals surface area (Å²) in [6.45, 7) is 4.73. The van der Waals surface area contributed by atoms with Crippen LogP contribution in [0.4, 0.5) is 0 Å². The summed E-state index contributed by atoms with van der Waals surface area (Å²) < 4.78 is 6.52. The number of ether oxygens (including phenoxy) is 1. The largest absolute Gasteiger partial charge is 0.452 e. The smallest absolute Gasteiger partial charge is 0.303 e. The predicted octanol–water partition coefficient (Wildman–Crippen LogP) is 2.53. The average Bonchev–Trinajstić information content (AvgIpc) is 2.76. The van der Waals surface area contributed by atoms with E-state index in [4.69, 9.17) is 4.74 Å². The molecule has 1 heterocycles. The van der Waals surface area contributed by atoms with Gasteiger partial charge >= 0.3 is 5.97 Å². The van der Waals surface area contributed by atoms with Crippen LogP contribution in [0.5, 0.6) is 0 Å². The summed E-state index contributed by atoms with van der Waals surface area (Å²) in [5.74, 6) is -0.199. The maximum atomic E-state index is 11.3. The third-order valence-electron chi connectivity index (χ3n) is 3.73. The predicted molar refractivity (Wildman–Crippen MR) is 71.0 cm³/mol. The molecule has 0 N–H and O–H groups in total. The zero-order chi connectivity index (χ0) is 13.0. The number of carbonyl (C=O) groups is 1. The minimum Gasteiger partial charge on any atom is -0.452 e. The lowest BCUT2D eigenvalue weighted by atomic mass is 10.1. The molecule has 1 aliphatic rings. The first-order chi connectivity index (χ1) is 8.59. The van der Waals surface area contributed by atoms with Crippen LogP contribution in [0.1, 0.15) is 31.4 Å². The maximum Gasteiger partial charge on any atom is 0.303 e. The van der Waals surface area contributed by atoms with E-state index in [9.17, 15) is 4.79 Å². The molecule has 0 saturated carbocycles. The highest BCUT2D eigenvalue weighted by molar-refractivity contribution is 5.66. The van der Waals surface area contributed by atoms with Gasteiger partial charge in [-0.15, -0.1) is 0 Å². The SMILES string of the molecule is CC(=O)OC(C[N+]1(C)CCCC1)c1ccccc1. The summed E-state index contributed by atoms with van der Waals surface area (Å²) in [6, 6.07) is 10.1. The molecule has 1 saturated heterocycles. The Morgan fingerprint density at radius 2 is 1.89 bits per heavy atom. The van der Waals surface area contributed by atoms with E-state index < -0.39 is 0 Å². The van der Waals surface area contributed by atoms with E-state index in [1.54, 1.807) is 0 Å². The molecule has 1 fully saturated rings. The number of hydrogen-bond acceptors (Lipinski definition) is 2. The number of likely N-dealkylation sites (tertiary alicyclic amines) is 1. The Kier molecular flexibility index (Phi) is 4.02. The van der Waals surface area contributed by atoms with Gasteiger partial charge in [0.2, 0.25) is 0 Å². The van der Waals surface area contributed by atoms with Crippen molar-refractivity contribution < 1.29 is 14.0 Å². The minimum atomic E-state index is -0.199. The average molecular weight is 248 g/mol. The molecule has 0 aliphatic carbocycles. The molecule has 1 unspecified atom stereocenters. The number of likely N-dealkylation sites (N-methyl/N-ethyl adjacent to an activating group) is 1. The molecule has 3 heteroatoms. The summed E-state index contributed by atoms with van der Waals surface area (Å²) in [4.78, 5) is 11.3. The van der Waals surface area contributed by atoms with Crippen LogP contribution >= 0.6 is 0 Å². The zero-order valence-electron chi connectivity index (χ0n) is 11.3. The molecule has 3 nitrogen and oxygen atoms in total. The van der Waals surface area contributed by atoms with Crippen molar-refractivity contribution in [1.82, 2.24) is 0 Å². The molecule has 1 aliphatic heterocycles. The molecule has 0 spiro atoms. The van der Waals surface area contributed by atoms with E-state index in [-0.39, 0.29) is 12.1 Å². The summed E-state index contributed by atoms with van der Waals surface area (Å²) >= 11 is 0. The van der Waals surface area contributed by atoms with Gasteiger partial charge in [-0.3, -0.25) is 4.79 Å². The van der Waals surface area contributed by atoms with Gasteiger partial charge in [-0.25, -0.2) is 0 Å². The van der Waals surface area contributed by atoms with Crippen LogP contribution in [-0.4, -0.2) is 37.1 Å². The van der Waals surface area contributed by atoms with Crippen LogP contribution in [-0.2, 0) is 9.53 Å². The van der Waals surface area contributed by atoms with E-state index in [0.717, 1.165) is 16.6 Å². The van der Waals surface area contributed by atoms with Crippen molar-refractivity contribution in [2.45, 2.75) is 25.9 Å². The van der Waals surface area contributed by atoms with Crippen molar-refractivity contribution in [2.75, 3.05) is 26.7 Å². The molecular weight excluding hydrogens is 226 g/mol. The lowest BCUT2D eigenvalue weighted by molar-refractivity contribution is -0.901. The Labute approximate surface area is 109 Å². The second-order valence-electron chi connectivity index (χ2n) is 5.47. The second-order valence-corrected chi connectivity index (χ2v) is 5.47. The topological polar surface area (TPSA) is 26.3 Å². The van der Waals surface area contributed by atoms with Crippen LogP contribution in [0.15, 0.2) is 30.3 Å². The summed E-state index contributed by atoms with van der Waals surface area (Å²) in [7, 11) is 2.26. The van der Waals surface area contributed by atoms with Gasteiger partial charge in [0.25, 0.3) is 0 Å². The molecule has 1 aromatic carbocycles. The molecule has 98 valence electrons. The Bertz CT molecular complexity index is 396. The normalized spacial score (nSPS) is 19.4. The molecule has 0 aromatic heterocycles. The van der Waals surface area contributed by atoms with Gasteiger partial charge in [0, 0.05) is 19.8 Å². The molecule has 0 bridgehead atoms. The van der Waals surface area contributed by atoms with Crippen LogP contribution in [0.3, 0.4) is 0 Å². The molecule has 0 radical (unpaired) electrons. The molecule has 18 heavy (non-hydrogen) atoms. The van der Waals surface area contributed by atoms with E-state index in [1.807, 2.05) is 30.3 Å². The van der Waals surface area contributed by atoms with Crippen molar-refractivity contribution in [1.29, 1.82) is 0 Å². The third-order valence-corrected chi connectivity index (χ3v) is 3.73. The van der Waals surface area contributed by atoms with Gasteiger partial charge in [0.15, 0.2) is 6.10 Å². The van der Waals surface area contributed by atoms with Crippen molar-refractivity contribution in [3.05, 3.63) is 35.9 Å². The summed E-state index contributed by atoms with van der Waals surface area (Å²) in [6.07, 6.45) is 2.43. The highest BCUT2D eigenvalue weighted by atomic mass is 16.5. The number of esters is 1. The number of hydrogen-bond donors (Lipinski definition) is 0. The van der Waals surface area contributed by atoms with Crippen LogP contribution < -0.4 is 0 Å². The zero-order valence-corrected chi connectivity index (χ0v) is 11.3. The summed E-state index contributed by atoms with van der Waals surface area (Å²) in [5.41, 5.74) is 1.10. The standard InChI is InChI=1S/C15H22NO2/c1-13(17)18-15(14-8-4-3-5-9-14)12-16(2)10-6-7-11-16/h3-5,8-9,15H,6-7,10-12H2,1-2H3/q+1. The number of quaternary nitrogens is 1. The van der Waals surface area contributed by atoms with Crippen molar-refractivity contribution in [2.24, 2.45) is 0 Å². The van der Waals surface area contributed by atoms with Gasteiger partial charge in [0.1, 0.15) is 6.54 Å². The van der Waals surface area contributed by atoms with Crippen molar-refractivity contribution in [3.8, 4) is 0 Å². The van der Waals surface area contributed by atoms with Gasteiger partial charge in [-0.2, -0.15) is 0 Å². The lowest BCUT2D eigenvalue weighted by Gasteiger charge is -2.32. The van der Waals surface area contributed by atoms with E-state index in [0.29, 0.717) is 0 Å². The van der Waals surface area contributed by atoms with Crippen LogP contribution in [0, 0.1) is 0 Å². The van der Waals surface area contributed by atoms with Crippen LogP contribution in [0.25, 0.3) is 0 Å². The monoisotopic (exact) mass is 248 g/mol. The first-order valence-electron chi connectivity index (χ1n) is 6.65. The fraction of sp³-hybridized carbons (Fsp3) is 0.533. The second kappa shape index (κ2) is 5.53. The highest BCUT2D eigenvalue weighted by Gasteiger charge is 2.32. The fourth-order valence-corrected chi connectivity index (χ4v) is 2.76. The quantitative estimate of drug-likeness (QED) is 0.604. The van der Waals surface area contributed by atoms with Gasteiger partial charge in [-0.1, -0.05) is 30.3 Å². The van der Waals surface area contributed by atoms with E-state index in [1.165, 1.54) is 32.9 Å². The number of nitrogens with zero attached hydrogens (tertiary/aromatic N) is 1. The molecule has 1 aromatic rings. The third kappa shape index (κ3) is 3.33. The minimum absolute atomic E-state index is 0.119. The molecule has 2 rings (SSSR count). The van der Waals surface area contributed by atoms with Gasteiger partial charge < -0.3 is 9.22 Å². The Balaban J connectivity index is 2.12. The first-order valence-corrected chi connectivity index (χ1v) is 6.65. The number of carbonyl (C=O) groups excluding carboxylic acids is 1. The summed E-state index contributed by atoms with van der Waals surface area (Å²) in [5, 5.41) is 0. The van der Waals surface area contributed by atoms with Crippen molar-refractivity contribution >= 4 is 5.97 Å². The Hall–Kier alpha value is -1.35. The van der Waals surface area contributed by atoms with Gasteiger partial charge in [0.05, 0.1) is 20.1 Å². The molecule has 1 atom stereocenters.